The Labute approximate surface area is 99.5 Å². The van der Waals surface area contributed by atoms with Crippen molar-refractivity contribution in [2.45, 2.75) is 37.4 Å². The molecule has 0 radical (unpaired) electrons. The Morgan fingerprint density at radius 3 is 2.94 bits per heavy atom. The van der Waals surface area contributed by atoms with Crippen molar-refractivity contribution < 1.29 is 4.74 Å². The van der Waals surface area contributed by atoms with Crippen LogP contribution in [-0.4, -0.2) is 34.7 Å². The van der Waals surface area contributed by atoms with Gasteiger partial charge in [0.05, 0.1) is 11.2 Å². The summed E-state index contributed by atoms with van der Waals surface area (Å²) in [6.07, 6.45) is 10.3. The predicted octanol–water partition coefficient (Wildman–Crippen LogP) is 3.03. The molecular formula is C12H22N2OS. The van der Waals surface area contributed by atoms with Crippen LogP contribution in [0.5, 0.6) is 0 Å². The Balaban J connectivity index is 2.24. The minimum Gasteiger partial charge on any atom is -0.356 e. The van der Waals surface area contributed by atoms with Gasteiger partial charge in [-0.1, -0.05) is 6.92 Å². The molecule has 92 valence electrons. The van der Waals surface area contributed by atoms with Crippen molar-refractivity contribution in [3.8, 4) is 0 Å². The normalized spacial score (nSPS) is 23.3. The van der Waals surface area contributed by atoms with E-state index in [0.717, 1.165) is 13.0 Å². The van der Waals surface area contributed by atoms with E-state index in [-0.39, 0.29) is 6.23 Å². The fourth-order valence-corrected chi connectivity index (χ4v) is 3.42. The van der Waals surface area contributed by atoms with E-state index in [0.29, 0.717) is 0 Å². The number of hydrogen-bond donors (Lipinski definition) is 0. The molecule has 1 saturated heterocycles. The van der Waals surface area contributed by atoms with Crippen molar-refractivity contribution in [2.75, 3.05) is 24.9 Å². The van der Waals surface area contributed by atoms with Crippen molar-refractivity contribution in [3.63, 3.8) is 0 Å². The van der Waals surface area contributed by atoms with Gasteiger partial charge in [0.15, 0.2) is 6.23 Å². The summed E-state index contributed by atoms with van der Waals surface area (Å²) >= 11 is 0. The summed E-state index contributed by atoms with van der Waals surface area (Å²) in [6.45, 7) is 3.14. The van der Waals surface area contributed by atoms with Gasteiger partial charge in [0.1, 0.15) is 0 Å². The Kier molecular flexibility index (Phi) is 3.60. The van der Waals surface area contributed by atoms with Crippen LogP contribution in [0, 0.1) is 0 Å². The van der Waals surface area contributed by atoms with Crippen molar-refractivity contribution in [1.82, 2.24) is 9.78 Å². The van der Waals surface area contributed by atoms with Crippen molar-refractivity contribution in [3.05, 3.63) is 12.3 Å². The van der Waals surface area contributed by atoms with Crippen LogP contribution < -0.4 is 0 Å². The van der Waals surface area contributed by atoms with Gasteiger partial charge in [-0.05, 0) is 43.6 Å². The molecule has 0 spiro atoms. The zero-order valence-corrected chi connectivity index (χ0v) is 11.3. The van der Waals surface area contributed by atoms with Crippen LogP contribution in [0.4, 0.5) is 0 Å². The highest BCUT2D eigenvalue weighted by atomic mass is 32.3. The highest BCUT2D eigenvalue weighted by Crippen LogP contribution is 2.49. The minimum atomic E-state index is -0.714. The molecule has 1 aliphatic heterocycles. The molecule has 0 amide bonds. The first-order valence-electron chi connectivity index (χ1n) is 6.01. The molecule has 1 aliphatic rings. The summed E-state index contributed by atoms with van der Waals surface area (Å²) in [7, 11) is -0.714. The second-order valence-electron chi connectivity index (χ2n) is 4.76. The molecule has 16 heavy (non-hydrogen) atoms. The van der Waals surface area contributed by atoms with E-state index in [2.05, 4.69) is 35.3 Å². The fourth-order valence-electron chi connectivity index (χ4n) is 2.02. The summed E-state index contributed by atoms with van der Waals surface area (Å²) in [6, 6.07) is 2.16. The molecule has 0 bridgehead atoms. The van der Waals surface area contributed by atoms with Gasteiger partial charge in [0.25, 0.3) is 0 Å². The molecule has 0 saturated carbocycles. The number of aromatic nitrogens is 2. The van der Waals surface area contributed by atoms with Crippen molar-refractivity contribution in [2.24, 2.45) is 0 Å². The predicted molar refractivity (Wildman–Crippen MR) is 69.3 cm³/mol. The van der Waals surface area contributed by atoms with E-state index in [1.54, 1.807) is 0 Å². The molecule has 2 heterocycles. The number of ether oxygens (including phenoxy) is 1. The SMILES string of the molecule is CCS(C)(C)c1ccnn1C1CCCCO1. The Bertz CT molecular complexity index is 343. The molecule has 4 heteroatoms. The summed E-state index contributed by atoms with van der Waals surface area (Å²) in [5.41, 5.74) is 0. The van der Waals surface area contributed by atoms with E-state index >= 15 is 0 Å². The van der Waals surface area contributed by atoms with E-state index in [1.807, 2.05) is 6.20 Å². The van der Waals surface area contributed by atoms with E-state index in [9.17, 15) is 0 Å². The molecule has 1 unspecified atom stereocenters. The quantitative estimate of drug-likeness (QED) is 0.814. The molecule has 1 aromatic heterocycles. The maximum atomic E-state index is 5.82. The molecule has 1 fully saturated rings. The smallest absolute Gasteiger partial charge is 0.151 e. The molecule has 0 aromatic carbocycles. The highest BCUT2D eigenvalue weighted by molar-refractivity contribution is 8.32. The van der Waals surface area contributed by atoms with Crippen LogP contribution in [-0.2, 0) is 4.74 Å². The van der Waals surface area contributed by atoms with E-state index in [4.69, 9.17) is 4.74 Å². The summed E-state index contributed by atoms with van der Waals surface area (Å²) in [5, 5.41) is 5.84. The lowest BCUT2D eigenvalue weighted by Crippen LogP contribution is -2.21. The second kappa shape index (κ2) is 4.80. The standard InChI is InChI=1S/C12H22N2OS/c1-4-16(2,3)12-8-9-13-14(12)11-7-5-6-10-15-11/h8-9,11H,4-7,10H2,1-3H3. The van der Waals surface area contributed by atoms with Gasteiger partial charge in [-0.2, -0.15) is 5.10 Å². The Hall–Kier alpha value is -0.480. The first-order valence-corrected chi connectivity index (χ1v) is 8.63. The Morgan fingerprint density at radius 2 is 2.31 bits per heavy atom. The molecule has 2 rings (SSSR count). The second-order valence-corrected chi connectivity index (χ2v) is 8.83. The maximum absolute atomic E-state index is 5.82. The monoisotopic (exact) mass is 242 g/mol. The third kappa shape index (κ3) is 2.28. The van der Waals surface area contributed by atoms with Crippen molar-refractivity contribution >= 4 is 10.0 Å². The Morgan fingerprint density at radius 1 is 1.50 bits per heavy atom. The van der Waals surface area contributed by atoms with Gasteiger partial charge in [0.2, 0.25) is 0 Å². The first kappa shape index (κ1) is 12.0. The summed E-state index contributed by atoms with van der Waals surface area (Å²) in [5.74, 6) is 1.20. The maximum Gasteiger partial charge on any atom is 0.151 e. The van der Waals surface area contributed by atoms with Crippen molar-refractivity contribution in [1.29, 1.82) is 0 Å². The van der Waals surface area contributed by atoms with E-state index in [1.165, 1.54) is 23.6 Å². The highest BCUT2D eigenvalue weighted by Gasteiger charge is 2.24. The molecular weight excluding hydrogens is 220 g/mol. The van der Waals surface area contributed by atoms with Crippen LogP contribution in [0.1, 0.15) is 32.4 Å². The molecule has 1 aromatic rings. The van der Waals surface area contributed by atoms with Crippen LogP contribution in [0.15, 0.2) is 17.3 Å². The van der Waals surface area contributed by atoms with Gasteiger partial charge in [-0.15, -0.1) is 0 Å². The average Bonchev–Trinajstić information content (AvgIpc) is 2.80. The lowest BCUT2D eigenvalue weighted by Gasteiger charge is -2.33. The van der Waals surface area contributed by atoms with Crippen LogP contribution in [0.25, 0.3) is 0 Å². The zero-order chi connectivity index (χ0) is 11.6. The number of hydrogen-bond acceptors (Lipinski definition) is 2. The van der Waals surface area contributed by atoms with Crippen LogP contribution in [0.2, 0.25) is 0 Å². The summed E-state index contributed by atoms with van der Waals surface area (Å²) < 4.78 is 7.94. The van der Waals surface area contributed by atoms with E-state index < -0.39 is 10.0 Å². The minimum absolute atomic E-state index is 0.178. The molecule has 0 aliphatic carbocycles. The molecule has 1 atom stereocenters. The molecule has 3 nitrogen and oxygen atoms in total. The topological polar surface area (TPSA) is 27.1 Å². The number of rotatable bonds is 3. The van der Waals surface area contributed by atoms with Gasteiger partial charge in [-0.3, -0.25) is 0 Å². The largest absolute Gasteiger partial charge is 0.356 e. The van der Waals surface area contributed by atoms with Gasteiger partial charge in [-0.25, -0.2) is 14.7 Å². The molecule has 0 N–H and O–H groups in total. The lowest BCUT2D eigenvalue weighted by molar-refractivity contribution is -0.0447. The first-order chi connectivity index (χ1) is 7.65. The van der Waals surface area contributed by atoms with Gasteiger partial charge >= 0.3 is 0 Å². The summed E-state index contributed by atoms with van der Waals surface area (Å²) in [4.78, 5) is 0. The van der Waals surface area contributed by atoms with Crippen LogP contribution in [0.3, 0.4) is 0 Å². The third-order valence-electron chi connectivity index (χ3n) is 3.35. The average molecular weight is 242 g/mol. The fraction of sp³-hybridized carbons (Fsp3) is 0.750. The third-order valence-corrected chi connectivity index (χ3v) is 6.25. The lowest BCUT2D eigenvalue weighted by atomic mass is 10.2. The van der Waals surface area contributed by atoms with Crippen LogP contribution >= 0.6 is 10.0 Å². The zero-order valence-electron chi connectivity index (χ0n) is 10.5. The van der Waals surface area contributed by atoms with Gasteiger partial charge < -0.3 is 4.74 Å². The number of nitrogens with zero attached hydrogens (tertiary/aromatic N) is 2. The van der Waals surface area contributed by atoms with Gasteiger partial charge in [0, 0.05) is 6.61 Å².